The summed E-state index contributed by atoms with van der Waals surface area (Å²) in [6.07, 6.45) is 2.37. The van der Waals surface area contributed by atoms with E-state index in [1.54, 1.807) is 16.7 Å². The van der Waals surface area contributed by atoms with Crippen molar-refractivity contribution in [2.75, 3.05) is 6.54 Å². The second-order valence-corrected chi connectivity index (χ2v) is 6.44. The minimum atomic E-state index is -0.906. The number of carbonyl (C=O) groups excluding carboxylic acids is 1. The van der Waals surface area contributed by atoms with Gasteiger partial charge >= 0.3 is 0 Å². The molecule has 0 aliphatic carbocycles. The molecule has 4 nitrogen and oxygen atoms in total. The number of halogens is 2. The summed E-state index contributed by atoms with van der Waals surface area (Å²) >= 11 is 0. The van der Waals surface area contributed by atoms with Crippen molar-refractivity contribution in [1.82, 2.24) is 9.88 Å². The molecule has 2 heterocycles. The van der Waals surface area contributed by atoms with Crippen molar-refractivity contribution >= 4 is 17.0 Å². The van der Waals surface area contributed by atoms with Gasteiger partial charge in [-0.15, -0.1) is 0 Å². The van der Waals surface area contributed by atoms with Gasteiger partial charge in [0.05, 0.1) is 18.3 Å². The maximum absolute atomic E-state index is 14.0. The summed E-state index contributed by atoms with van der Waals surface area (Å²) < 4.78 is 34.5. The molecular formula is C19H20F2N2O2. The van der Waals surface area contributed by atoms with Crippen LogP contribution in [0.3, 0.4) is 0 Å². The van der Waals surface area contributed by atoms with E-state index in [4.69, 9.17) is 4.42 Å². The fraction of sp³-hybridized carbons (Fsp3) is 0.316. The number of amides is 1. The topological polar surface area (TPSA) is 47.2 Å². The first-order valence-electron chi connectivity index (χ1n) is 8.25. The highest BCUT2D eigenvalue weighted by atomic mass is 19.2. The average Bonchev–Trinajstić information content (AvgIpc) is 3.13. The predicted octanol–water partition coefficient (Wildman–Crippen LogP) is 4.34. The second kappa shape index (κ2) is 7.09. The Morgan fingerprint density at radius 1 is 1.28 bits per heavy atom. The smallest absolute Gasteiger partial charge is 0.268 e. The van der Waals surface area contributed by atoms with Gasteiger partial charge in [0.1, 0.15) is 5.69 Å². The lowest BCUT2D eigenvalue weighted by molar-refractivity contribution is 0.0943. The van der Waals surface area contributed by atoms with Gasteiger partial charge in [0.15, 0.2) is 17.2 Å². The lowest BCUT2D eigenvalue weighted by Crippen LogP contribution is -2.27. The number of rotatable bonds is 6. The van der Waals surface area contributed by atoms with E-state index in [-0.39, 0.29) is 18.0 Å². The quantitative estimate of drug-likeness (QED) is 0.722. The summed E-state index contributed by atoms with van der Waals surface area (Å²) in [5.41, 5.74) is 1.74. The van der Waals surface area contributed by atoms with Gasteiger partial charge in [-0.05, 0) is 18.4 Å². The monoisotopic (exact) mass is 346 g/mol. The van der Waals surface area contributed by atoms with Crippen molar-refractivity contribution in [2.45, 2.75) is 26.8 Å². The molecule has 1 aromatic carbocycles. The van der Waals surface area contributed by atoms with Crippen molar-refractivity contribution < 1.29 is 18.0 Å². The van der Waals surface area contributed by atoms with Crippen LogP contribution in [0.15, 0.2) is 41.0 Å². The summed E-state index contributed by atoms with van der Waals surface area (Å²) in [4.78, 5) is 12.5. The maximum atomic E-state index is 14.0. The van der Waals surface area contributed by atoms with E-state index in [1.807, 2.05) is 0 Å². The summed E-state index contributed by atoms with van der Waals surface area (Å²) in [5, 5.41) is 2.86. The number of fused-ring (bicyclic) bond motifs is 1. The second-order valence-electron chi connectivity index (χ2n) is 6.44. The Hall–Kier alpha value is -2.63. The average molecular weight is 346 g/mol. The first-order chi connectivity index (χ1) is 12.0. The van der Waals surface area contributed by atoms with E-state index < -0.39 is 11.6 Å². The highest BCUT2D eigenvalue weighted by Gasteiger charge is 2.19. The number of carbonyl (C=O) groups is 1. The van der Waals surface area contributed by atoms with Crippen LogP contribution in [-0.2, 0) is 6.54 Å². The fourth-order valence-corrected chi connectivity index (χ4v) is 2.74. The van der Waals surface area contributed by atoms with Crippen LogP contribution in [0, 0.1) is 17.6 Å². The number of nitrogens with one attached hydrogen (secondary N) is 1. The van der Waals surface area contributed by atoms with Crippen LogP contribution in [0.25, 0.3) is 11.1 Å². The summed E-state index contributed by atoms with van der Waals surface area (Å²) in [6.45, 7) is 4.75. The molecule has 1 amide bonds. The molecule has 6 heteroatoms. The zero-order valence-corrected chi connectivity index (χ0v) is 14.2. The summed E-state index contributed by atoms with van der Waals surface area (Å²) in [6, 6.07) is 7.35. The zero-order chi connectivity index (χ0) is 18.0. The van der Waals surface area contributed by atoms with Crippen LogP contribution >= 0.6 is 0 Å². The standard InChI is InChI=1S/C19H20F2N2O2/c1-12(2)6-8-22-19(24)16-10-17-15(7-9-25-17)23(16)11-13-4-3-5-14(20)18(13)21/h3-5,7,9-10,12H,6,8,11H2,1-2H3,(H,22,24). The van der Waals surface area contributed by atoms with E-state index in [9.17, 15) is 13.6 Å². The molecule has 0 spiro atoms. The van der Waals surface area contributed by atoms with Gasteiger partial charge in [0.25, 0.3) is 5.91 Å². The summed E-state index contributed by atoms with van der Waals surface area (Å²) in [7, 11) is 0. The van der Waals surface area contributed by atoms with Crippen LogP contribution in [0.4, 0.5) is 8.78 Å². The Bertz CT molecular complexity index is 896. The first-order valence-corrected chi connectivity index (χ1v) is 8.25. The molecule has 3 rings (SSSR count). The van der Waals surface area contributed by atoms with Gasteiger partial charge in [-0.1, -0.05) is 26.0 Å². The number of hydrogen-bond acceptors (Lipinski definition) is 2. The van der Waals surface area contributed by atoms with Crippen LogP contribution in [0.1, 0.15) is 36.3 Å². The molecule has 0 aliphatic heterocycles. The van der Waals surface area contributed by atoms with Crippen molar-refractivity contribution in [3.63, 3.8) is 0 Å². The fourth-order valence-electron chi connectivity index (χ4n) is 2.74. The minimum absolute atomic E-state index is 0.0412. The summed E-state index contributed by atoms with van der Waals surface area (Å²) in [5.74, 6) is -1.59. The highest BCUT2D eigenvalue weighted by molar-refractivity contribution is 5.97. The Kier molecular flexibility index (Phi) is 4.88. The van der Waals surface area contributed by atoms with Crippen LogP contribution in [0.5, 0.6) is 0 Å². The molecule has 2 aromatic heterocycles. The molecule has 0 fully saturated rings. The zero-order valence-electron chi connectivity index (χ0n) is 14.2. The van der Waals surface area contributed by atoms with Gasteiger partial charge in [-0.2, -0.15) is 0 Å². The van der Waals surface area contributed by atoms with E-state index in [0.717, 1.165) is 12.5 Å². The maximum Gasteiger partial charge on any atom is 0.268 e. The first kappa shape index (κ1) is 17.2. The van der Waals surface area contributed by atoms with Gasteiger partial charge in [-0.3, -0.25) is 4.79 Å². The van der Waals surface area contributed by atoms with Crippen LogP contribution in [0.2, 0.25) is 0 Å². The SMILES string of the molecule is CC(C)CCNC(=O)c1cc2occc2n1Cc1cccc(F)c1F. The molecule has 0 radical (unpaired) electrons. The third kappa shape index (κ3) is 3.57. The molecule has 3 aromatic rings. The van der Waals surface area contributed by atoms with Crippen LogP contribution in [-0.4, -0.2) is 17.0 Å². The Morgan fingerprint density at radius 2 is 2.08 bits per heavy atom. The lowest BCUT2D eigenvalue weighted by Gasteiger charge is -2.12. The van der Waals surface area contributed by atoms with Gasteiger partial charge < -0.3 is 14.3 Å². The van der Waals surface area contributed by atoms with E-state index in [0.29, 0.717) is 29.3 Å². The molecule has 0 unspecified atom stereocenters. The molecular weight excluding hydrogens is 326 g/mol. The predicted molar refractivity (Wildman–Crippen MR) is 91.5 cm³/mol. The van der Waals surface area contributed by atoms with Gasteiger partial charge in [0.2, 0.25) is 0 Å². The van der Waals surface area contributed by atoms with Crippen molar-refractivity contribution in [3.05, 3.63) is 59.5 Å². The normalized spacial score (nSPS) is 11.4. The molecule has 0 aliphatic rings. The Balaban J connectivity index is 1.92. The number of nitrogens with zero attached hydrogens (tertiary/aromatic N) is 1. The van der Waals surface area contributed by atoms with Gasteiger partial charge in [0, 0.05) is 24.2 Å². The van der Waals surface area contributed by atoms with Crippen molar-refractivity contribution in [2.24, 2.45) is 5.92 Å². The highest BCUT2D eigenvalue weighted by Crippen LogP contribution is 2.24. The number of furan rings is 1. The molecule has 0 atom stereocenters. The molecule has 1 N–H and O–H groups in total. The third-order valence-electron chi connectivity index (χ3n) is 4.12. The van der Waals surface area contributed by atoms with Crippen molar-refractivity contribution in [1.29, 1.82) is 0 Å². The molecule has 0 saturated carbocycles. The van der Waals surface area contributed by atoms with Crippen molar-refractivity contribution in [3.8, 4) is 0 Å². The Labute approximate surface area is 144 Å². The Morgan fingerprint density at radius 3 is 2.84 bits per heavy atom. The van der Waals surface area contributed by atoms with Crippen LogP contribution < -0.4 is 5.32 Å². The lowest BCUT2D eigenvalue weighted by atomic mass is 10.1. The number of aromatic nitrogens is 1. The molecule has 0 saturated heterocycles. The number of benzene rings is 1. The third-order valence-corrected chi connectivity index (χ3v) is 4.12. The van der Waals surface area contributed by atoms with Gasteiger partial charge in [-0.25, -0.2) is 8.78 Å². The molecule has 132 valence electrons. The van der Waals surface area contributed by atoms with E-state index in [2.05, 4.69) is 19.2 Å². The molecule has 25 heavy (non-hydrogen) atoms. The van der Waals surface area contributed by atoms with E-state index in [1.165, 1.54) is 18.4 Å². The largest absolute Gasteiger partial charge is 0.463 e. The number of hydrogen-bond donors (Lipinski definition) is 1. The van der Waals surface area contributed by atoms with E-state index >= 15 is 0 Å². The minimum Gasteiger partial charge on any atom is -0.463 e. The molecule has 0 bridgehead atoms.